The molecular formula is C11H18O. The number of hydrogen-bond acceptors (Lipinski definition) is 1. The average Bonchev–Trinajstić information content (AvgIpc) is 2.55. The molecule has 0 aromatic rings. The third-order valence-corrected chi connectivity index (χ3v) is 4.38. The Morgan fingerprint density at radius 3 is 2.42 bits per heavy atom. The summed E-state index contributed by atoms with van der Waals surface area (Å²) in [5.74, 6) is 2.23. The van der Waals surface area contributed by atoms with E-state index in [-0.39, 0.29) is 5.41 Å². The van der Waals surface area contributed by atoms with Gasteiger partial charge in [0.2, 0.25) is 0 Å². The van der Waals surface area contributed by atoms with Crippen LogP contribution >= 0.6 is 0 Å². The number of carbonyl (C=O) groups is 1. The number of rotatable bonds is 1. The van der Waals surface area contributed by atoms with Crippen molar-refractivity contribution in [2.45, 2.75) is 40.0 Å². The second kappa shape index (κ2) is 2.34. The van der Waals surface area contributed by atoms with Gasteiger partial charge in [-0.25, -0.2) is 0 Å². The number of hydrogen-bond donors (Lipinski definition) is 0. The summed E-state index contributed by atoms with van der Waals surface area (Å²) < 4.78 is 0. The van der Waals surface area contributed by atoms with Crippen molar-refractivity contribution >= 4 is 5.78 Å². The van der Waals surface area contributed by atoms with Crippen molar-refractivity contribution in [1.29, 1.82) is 0 Å². The van der Waals surface area contributed by atoms with Crippen molar-refractivity contribution < 1.29 is 4.79 Å². The van der Waals surface area contributed by atoms with E-state index in [0.717, 1.165) is 0 Å². The highest BCUT2D eigenvalue weighted by Crippen LogP contribution is 2.56. The first-order valence-electron chi connectivity index (χ1n) is 5.11. The zero-order chi connectivity index (χ0) is 8.93. The highest BCUT2D eigenvalue weighted by molar-refractivity contribution is 5.90. The van der Waals surface area contributed by atoms with Crippen LogP contribution in [0, 0.1) is 23.2 Å². The second-order valence-electron chi connectivity index (χ2n) is 5.01. The first kappa shape index (κ1) is 8.28. The van der Waals surface area contributed by atoms with Crippen molar-refractivity contribution in [3.05, 3.63) is 0 Å². The van der Waals surface area contributed by atoms with Gasteiger partial charge in [0.15, 0.2) is 0 Å². The molecule has 1 nitrogen and oxygen atoms in total. The summed E-state index contributed by atoms with van der Waals surface area (Å²) in [7, 11) is 0. The van der Waals surface area contributed by atoms with Crippen LogP contribution in [0.1, 0.15) is 40.0 Å². The molecule has 0 aromatic heterocycles. The van der Waals surface area contributed by atoms with E-state index < -0.39 is 0 Å². The highest BCUT2D eigenvalue weighted by Gasteiger charge is 2.56. The Morgan fingerprint density at radius 1 is 1.42 bits per heavy atom. The lowest BCUT2D eigenvalue weighted by Crippen LogP contribution is -2.38. The number of ketones is 1. The summed E-state index contributed by atoms with van der Waals surface area (Å²) in [6.07, 6.45) is 3.66. The Morgan fingerprint density at radius 2 is 2.08 bits per heavy atom. The molecule has 2 bridgehead atoms. The summed E-state index contributed by atoms with van der Waals surface area (Å²) in [5.41, 5.74) is 0.0307. The van der Waals surface area contributed by atoms with Gasteiger partial charge in [-0.15, -0.1) is 0 Å². The second-order valence-corrected chi connectivity index (χ2v) is 5.01. The van der Waals surface area contributed by atoms with Gasteiger partial charge in [-0.2, -0.15) is 0 Å². The predicted octanol–water partition coefficient (Wildman–Crippen LogP) is 2.65. The van der Waals surface area contributed by atoms with Gasteiger partial charge in [0, 0.05) is 11.3 Å². The Balaban J connectivity index is 2.32. The molecule has 0 amide bonds. The van der Waals surface area contributed by atoms with E-state index in [2.05, 4.69) is 20.8 Å². The third kappa shape index (κ3) is 0.773. The first-order chi connectivity index (χ1) is 5.56. The van der Waals surface area contributed by atoms with E-state index >= 15 is 0 Å². The normalized spacial score (nSPS) is 46.2. The van der Waals surface area contributed by atoms with Crippen LogP contribution in [0.4, 0.5) is 0 Å². The summed E-state index contributed by atoms with van der Waals surface area (Å²) in [6.45, 7) is 6.57. The monoisotopic (exact) mass is 166 g/mol. The maximum atomic E-state index is 11.9. The van der Waals surface area contributed by atoms with Crippen LogP contribution in [0.5, 0.6) is 0 Å². The minimum absolute atomic E-state index is 0.0307. The topological polar surface area (TPSA) is 17.1 Å². The van der Waals surface area contributed by atoms with Crippen molar-refractivity contribution in [3.8, 4) is 0 Å². The van der Waals surface area contributed by atoms with E-state index in [4.69, 9.17) is 0 Å². The highest BCUT2D eigenvalue weighted by atomic mass is 16.1. The molecule has 0 heterocycles. The number of fused-ring (bicyclic) bond motifs is 2. The van der Waals surface area contributed by atoms with Crippen LogP contribution in [0.2, 0.25) is 0 Å². The molecule has 1 heteroatoms. The van der Waals surface area contributed by atoms with E-state index in [1.54, 1.807) is 0 Å². The fourth-order valence-electron chi connectivity index (χ4n) is 3.16. The van der Waals surface area contributed by atoms with Crippen LogP contribution in [-0.2, 0) is 4.79 Å². The summed E-state index contributed by atoms with van der Waals surface area (Å²) in [6, 6.07) is 0. The molecule has 2 rings (SSSR count). The molecule has 2 aliphatic carbocycles. The van der Waals surface area contributed by atoms with Gasteiger partial charge in [0.05, 0.1) is 0 Å². The van der Waals surface area contributed by atoms with E-state index in [9.17, 15) is 4.79 Å². The first-order valence-corrected chi connectivity index (χ1v) is 5.11. The zero-order valence-electron chi connectivity index (χ0n) is 8.26. The molecule has 0 aromatic carbocycles. The number of carbonyl (C=O) groups excluding carboxylic acids is 1. The molecule has 2 fully saturated rings. The molecule has 0 unspecified atom stereocenters. The molecule has 12 heavy (non-hydrogen) atoms. The van der Waals surface area contributed by atoms with Crippen LogP contribution in [0.25, 0.3) is 0 Å². The van der Waals surface area contributed by atoms with Crippen LogP contribution in [0.3, 0.4) is 0 Å². The van der Waals surface area contributed by atoms with E-state index in [1.807, 2.05) is 0 Å². The van der Waals surface area contributed by atoms with Crippen molar-refractivity contribution in [2.75, 3.05) is 0 Å². The summed E-state index contributed by atoms with van der Waals surface area (Å²) in [4.78, 5) is 11.9. The minimum atomic E-state index is 0.0307. The Hall–Kier alpha value is -0.330. The number of Topliss-reactive ketones (excluding diaryl/α,β-unsaturated/α-hetero) is 1. The van der Waals surface area contributed by atoms with Crippen molar-refractivity contribution in [3.63, 3.8) is 0 Å². The molecule has 68 valence electrons. The standard InChI is InChI=1S/C11H18O/c1-7(2)11(3)9-5-4-8(6-9)10(11)12/h7-9H,4-6H2,1-3H3/t8-,9+,11-/m1/s1. The zero-order valence-corrected chi connectivity index (χ0v) is 8.26. The Kier molecular flexibility index (Phi) is 1.61. The lowest BCUT2D eigenvalue weighted by atomic mass is 9.67. The molecule has 0 spiro atoms. The van der Waals surface area contributed by atoms with Crippen LogP contribution in [0.15, 0.2) is 0 Å². The van der Waals surface area contributed by atoms with Gasteiger partial charge in [-0.05, 0) is 31.1 Å². The summed E-state index contributed by atoms with van der Waals surface area (Å²) in [5, 5.41) is 0. The van der Waals surface area contributed by atoms with Crippen molar-refractivity contribution in [1.82, 2.24) is 0 Å². The largest absolute Gasteiger partial charge is 0.299 e. The van der Waals surface area contributed by atoms with Gasteiger partial charge in [-0.3, -0.25) is 4.79 Å². The third-order valence-electron chi connectivity index (χ3n) is 4.38. The molecular weight excluding hydrogens is 148 g/mol. The smallest absolute Gasteiger partial charge is 0.142 e. The molecule has 0 N–H and O–H groups in total. The predicted molar refractivity (Wildman–Crippen MR) is 48.8 cm³/mol. The van der Waals surface area contributed by atoms with Gasteiger partial charge >= 0.3 is 0 Å². The Labute approximate surface area is 74.5 Å². The minimum Gasteiger partial charge on any atom is -0.299 e. The van der Waals surface area contributed by atoms with Gasteiger partial charge in [0.1, 0.15) is 5.78 Å². The van der Waals surface area contributed by atoms with E-state index in [1.165, 1.54) is 19.3 Å². The van der Waals surface area contributed by atoms with Gasteiger partial charge in [0.25, 0.3) is 0 Å². The molecule has 2 saturated carbocycles. The Bertz CT molecular complexity index is 219. The fourth-order valence-corrected chi connectivity index (χ4v) is 3.16. The maximum Gasteiger partial charge on any atom is 0.142 e. The molecule has 3 atom stereocenters. The lowest BCUT2D eigenvalue weighted by Gasteiger charge is -2.36. The summed E-state index contributed by atoms with van der Waals surface area (Å²) >= 11 is 0. The molecule has 2 aliphatic rings. The van der Waals surface area contributed by atoms with Crippen molar-refractivity contribution in [2.24, 2.45) is 23.2 Å². The maximum absolute atomic E-state index is 11.9. The average molecular weight is 166 g/mol. The lowest BCUT2D eigenvalue weighted by molar-refractivity contribution is -0.133. The van der Waals surface area contributed by atoms with E-state index in [0.29, 0.717) is 23.5 Å². The molecule has 0 saturated heterocycles. The van der Waals surface area contributed by atoms with Crippen LogP contribution in [-0.4, -0.2) is 5.78 Å². The van der Waals surface area contributed by atoms with Gasteiger partial charge in [-0.1, -0.05) is 20.8 Å². The fraction of sp³-hybridized carbons (Fsp3) is 0.909. The quantitative estimate of drug-likeness (QED) is 0.585. The molecule has 0 aliphatic heterocycles. The van der Waals surface area contributed by atoms with Crippen LogP contribution < -0.4 is 0 Å². The van der Waals surface area contributed by atoms with Gasteiger partial charge < -0.3 is 0 Å². The molecule has 0 radical (unpaired) electrons. The SMILES string of the molecule is CC(C)[C@@]1(C)C(=O)[C@@H]2CC[C@H]1C2.